The second kappa shape index (κ2) is 3.89. The fraction of sp³-hybridized carbons (Fsp3) is 0.143. The number of rotatable bonds is 1. The highest BCUT2D eigenvalue weighted by atomic mass is 35.5. The minimum Gasteiger partial charge on any atom is -0.465 e. The van der Waals surface area contributed by atoms with E-state index in [1.54, 1.807) is 0 Å². The first-order valence-electron chi connectivity index (χ1n) is 3.15. The van der Waals surface area contributed by atoms with Crippen molar-refractivity contribution in [1.29, 1.82) is 0 Å². The number of hydrogen-bond acceptors (Lipinski definition) is 3. The zero-order valence-electron chi connectivity index (χ0n) is 6.47. The second-order valence-electron chi connectivity index (χ2n) is 2.08. The van der Waals surface area contributed by atoms with Gasteiger partial charge >= 0.3 is 5.97 Å². The van der Waals surface area contributed by atoms with Gasteiger partial charge in [-0.2, -0.15) is 4.39 Å². The summed E-state index contributed by atoms with van der Waals surface area (Å²) in [5.74, 6) is -1.63. The number of halogens is 3. The molecule has 0 aliphatic rings. The molecule has 0 aliphatic heterocycles. The second-order valence-corrected chi connectivity index (χ2v) is 2.84. The van der Waals surface area contributed by atoms with Crippen molar-refractivity contribution in [3.63, 3.8) is 0 Å². The number of carbonyl (C=O) groups is 1. The molecule has 0 N–H and O–H groups in total. The van der Waals surface area contributed by atoms with Gasteiger partial charge in [-0.3, -0.25) is 0 Å². The third-order valence-electron chi connectivity index (χ3n) is 1.32. The molecule has 1 rings (SSSR count). The highest BCUT2D eigenvalue weighted by Crippen LogP contribution is 2.27. The summed E-state index contributed by atoms with van der Waals surface area (Å²) in [6.45, 7) is 0. The van der Waals surface area contributed by atoms with Gasteiger partial charge in [0, 0.05) is 6.20 Å². The largest absolute Gasteiger partial charge is 0.465 e. The van der Waals surface area contributed by atoms with Gasteiger partial charge in [-0.05, 0) is 0 Å². The molecule has 0 aliphatic carbocycles. The SMILES string of the molecule is COC(=O)c1cnc(F)c(Cl)c1Cl. The van der Waals surface area contributed by atoms with E-state index in [0.717, 1.165) is 6.20 Å². The van der Waals surface area contributed by atoms with Gasteiger partial charge < -0.3 is 4.74 Å². The zero-order chi connectivity index (χ0) is 10.0. The summed E-state index contributed by atoms with van der Waals surface area (Å²) in [5.41, 5.74) is -0.0597. The summed E-state index contributed by atoms with van der Waals surface area (Å²) in [5, 5.41) is -0.578. The van der Waals surface area contributed by atoms with E-state index in [0.29, 0.717) is 0 Å². The smallest absolute Gasteiger partial charge is 0.341 e. The van der Waals surface area contributed by atoms with Gasteiger partial charge in [0.2, 0.25) is 5.95 Å². The number of aromatic nitrogens is 1. The number of pyridine rings is 1. The first-order valence-corrected chi connectivity index (χ1v) is 3.91. The van der Waals surface area contributed by atoms with Gasteiger partial charge in [0.05, 0.1) is 17.7 Å². The average Bonchev–Trinajstić information content (AvgIpc) is 2.13. The van der Waals surface area contributed by atoms with Crippen molar-refractivity contribution >= 4 is 29.2 Å². The number of hydrogen-bond donors (Lipinski definition) is 0. The molecule has 0 bridgehead atoms. The van der Waals surface area contributed by atoms with Crippen molar-refractivity contribution in [3.8, 4) is 0 Å². The molecule has 0 saturated heterocycles. The van der Waals surface area contributed by atoms with Crippen molar-refractivity contribution in [2.24, 2.45) is 0 Å². The molecule has 3 nitrogen and oxygen atoms in total. The topological polar surface area (TPSA) is 39.2 Å². The quantitative estimate of drug-likeness (QED) is 0.542. The summed E-state index contributed by atoms with van der Waals surface area (Å²) < 4.78 is 17.0. The molecule has 0 radical (unpaired) electrons. The Hall–Kier alpha value is -0.870. The van der Waals surface area contributed by atoms with Crippen LogP contribution in [0, 0.1) is 5.95 Å². The van der Waals surface area contributed by atoms with Gasteiger partial charge in [0.25, 0.3) is 0 Å². The number of carbonyl (C=O) groups excluding carboxylic acids is 1. The van der Waals surface area contributed by atoms with Crippen LogP contribution in [0.5, 0.6) is 0 Å². The Morgan fingerprint density at radius 1 is 1.54 bits per heavy atom. The monoisotopic (exact) mass is 223 g/mol. The van der Waals surface area contributed by atoms with E-state index in [1.807, 2.05) is 0 Å². The van der Waals surface area contributed by atoms with Gasteiger partial charge in [0.1, 0.15) is 5.02 Å². The highest BCUT2D eigenvalue weighted by molar-refractivity contribution is 6.43. The van der Waals surface area contributed by atoms with Crippen molar-refractivity contribution in [2.45, 2.75) is 0 Å². The predicted molar refractivity (Wildman–Crippen MR) is 45.6 cm³/mol. The lowest BCUT2D eigenvalue weighted by Crippen LogP contribution is -2.04. The summed E-state index contributed by atoms with van der Waals surface area (Å²) >= 11 is 11.0. The third-order valence-corrected chi connectivity index (χ3v) is 2.16. The van der Waals surface area contributed by atoms with E-state index < -0.39 is 11.9 Å². The van der Waals surface area contributed by atoms with Crippen LogP contribution < -0.4 is 0 Å². The number of ether oxygens (including phenoxy) is 1. The van der Waals surface area contributed by atoms with Crippen LogP contribution in [0.25, 0.3) is 0 Å². The molecule has 13 heavy (non-hydrogen) atoms. The van der Waals surface area contributed by atoms with Crippen molar-refractivity contribution in [1.82, 2.24) is 4.98 Å². The lowest BCUT2D eigenvalue weighted by molar-refractivity contribution is 0.0600. The molecule has 0 unspecified atom stereocenters. The van der Waals surface area contributed by atoms with Crippen LogP contribution in [0.4, 0.5) is 4.39 Å². The molecular formula is C7H4Cl2FNO2. The maximum absolute atomic E-state index is 12.6. The van der Waals surface area contributed by atoms with Crippen molar-refractivity contribution in [3.05, 3.63) is 27.8 Å². The maximum Gasteiger partial charge on any atom is 0.341 e. The van der Waals surface area contributed by atoms with Crippen LogP contribution in [0.2, 0.25) is 10.0 Å². The molecule has 0 atom stereocenters. The predicted octanol–water partition coefficient (Wildman–Crippen LogP) is 2.31. The molecule has 0 spiro atoms. The van der Waals surface area contributed by atoms with E-state index in [9.17, 15) is 9.18 Å². The first kappa shape index (κ1) is 10.2. The number of nitrogens with zero attached hydrogens (tertiary/aromatic N) is 1. The lowest BCUT2D eigenvalue weighted by Gasteiger charge is -2.02. The van der Waals surface area contributed by atoms with Gasteiger partial charge in [0.15, 0.2) is 0 Å². The van der Waals surface area contributed by atoms with Crippen LogP contribution in [0.3, 0.4) is 0 Å². The van der Waals surface area contributed by atoms with Crippen LogP contribution >= 0.6 is 23.2 Å². The first-order chi connectivity index (χ1) is 6.07. The Morgan fingerprint density at radius 3 is 2.69 bits per heavy atom. The normalized spacial score (nSPS) is 9.85. The Balaban J connectivity index is 3.26. The van der Waals surface area contributed by atoms with E-state index in [1.165, 1.54) is 7.11 Å². The Labute approximate surface area is 83.4 Å². The van der Waals surface area contributed by atoms with Crippen LogP contribution in [0.15, 0.2) is 6.20 Å². The summed E-state index contributed by atoms with van der Waals surface area (Å²) in [6.07, 6.45) is 0.968. The van der Waals surface area contributed by atoms with E-state index in [4.69, 9.17) is 23.2 Å². The molecule has 1 heterocycles. The van der Waals surface area contributed by atoms with Crippen LogP contribution in [0.1, 0.15) is 10.4 Å². The fourth-order valence-corrected chi connectivity index (χ4v) is 1.05. The number of methoxy groups -OCH3 is 1. The van der Waals surface area contributed by atoms with Gasteiger partial charge in [-0.15, -0.1) is 0 Å². The number of esters is 1. The fourth-order valence-electron chi connectivity index (χ4n) is 0.696. The Kier molecular flexibility index (Phi) is 3.06. The summed E-state index contributed by atoms with van der Waals surface area (Å²) in [7, 11) is 1.18. The molecule has 0 saturated carbocycles. The van der Waals surface area contributed by atoms with Crippen molar-refractivity contribution in [2.75, 3.05) is 7.11 Å². The summed E-state index contributed by atoms with van der Waals surface area (Å²) in [4.78, 5) is 14.2. The van der Waals surface area contributed by atoms with Gasteiger partial charge in [-0.1, -0.05) is 23.2 Å². The van der Waals surface area contributed by atoms with E-state index in [-0.39, 0.29) is 15.6 Å². The molecule has 0 fully saturated rings. The van der Waals surface area contributed by atoms with E-state index >= 15 is 0 Å². The van der Waals surface area contributed by atoms with Crippen molar-refractivity contribution < 1.29 is 13.9 Å². The highest BCUT2D eigenvalue weighted by Gasteiger charge is 2.16. The van der Waals surface area contributed by atoms with Crippen LogP contribution in [-0.4, -0.2) is 18.1 Å². The average molecular weight is 224 g/mol. The standard InChI is InChI=1S/C7H4Cl2FNO2/c1-13-7(12)3-2-11-6(10)5(9)4(3)8/h2H,1H3. The minimum atomic E-state index is -0.917. The molecule has 0 aromatic carbocycles. The summed E-state index contributed by atoms with van der Waals surface area (Å²) in [6, 6.07) is 0. The third kappa shape index (κ3) is 1.89. The maximum atomic E-state index is 12.6. The Morgan fingerprint density at radius 2 is 2.15 bits per heavy atom. The lowest BCUT2D eigenvalue weighted by atomic mass is 10.3. The van der Waals surface area contributed by atoms with E-state index in [2.05, 4.69) is 9.72 Å². The molecule has 1 aromatic heterocycles. The van der Waals surface area contributed by atoms with Crippen LogP contribution in [-0.2, 0) is 4.74 Å². The Bertz CT molecular complexity index is 357. The molecular weight excluding hydrogens is 220 g/mol. The minimum absolute atomic E-state index is 0.0597. The zero-order valence-corrected chi connectivity index (χ0v) is 7.99. The molecule has 0 amide bonds. The van der Waals surface area contributed by atoms with Gasteiger partial charge in [-0.25, -0.2) is 9.78 Å². The molecule has 70 valence electrons. The molecule has 1 aromatic rings. The molecule has 6 heteroatoms.